The molecule has 30 heavy (non-hydrogen) atoms. The molecule has 0 unspecified atom stereocenters. The van der Waals surface area contributed by atoms with Gasteiger partial charge in [-0.15, -0.1) is 0 Å². The lowest BCUT2D eigenvalue weighted by Crippen LogP contribution is -2.56. The number of carbonyl (C=O) groups is 1. The van der Waals surface area contributed by atoms with Gasteiger partial charge in [-0.1, -0.05) is 12.1 Å². The Morgan fingerprint density at radius 1 is 1.10 bits per heavy atom. The highest BCUT2D eigenvalue weighted by Gasteiger charge is 2.33. The lowest BCUT2D eigenvalue weighted by Gasteiger charge is -2.44. The van der Waals surface area contributed by atoms with Gasteiger partial charge >= 0.3 is 0 Å². The van der Waals surface area contributed by atoms with Crippen LogP contribution in [0.4, 0.5) is 5.69 Å². The van der Waals surface area contributed by atoms with Crippen LogP contribution in [0.2, 0.25) is 0 Å². The Labute approximate surface area is 178 Å². The third-order valence-electron chi connectivity index (χ3n) is 6.95. The summed E-state index contributed by atoms with van der Waals surface area (Å²) in [6.07, 6.45) is 5.36. The zero-order valence-electron chi connectivity index (χ0n) is 17.8. The van der Waals surface area contributed by atoms with E-state index in [-0.39, 0.29) is 5.91 Å². The zero-order valence-corrected chi connectivity index (χ0v) is 17.8. The van der Waals surface area contributed by atoms with Crippen molar-refractivity contribution in [1.29, 1.82) is 0 Å². The van der Waals surface area contributed by atoms with Crippen LogP contribution >= 0.6 is 0 Å². The van der Waals surface area contributed by atoms with E-state index in [0.717, 1.165) is 82.7 Å². The number of nitrogens with zero attached hydrogens (tertiary/aromatic N) is 4. The van der Waals surface area contributed by atoms with E-state index >= 15 is 0 Å². The number of anilines is 1. The van der Waals surface area contributed by atoms with Crippen LogP contribution in [0.25, 0.3) is 0 Å². The van der Waals surface area contributed by atoms with E-state index in [9.17, 15) is 4.79 Å². The van der Waals surface area contributed by atoms with Gasteiger partial charge in [-0.05, 0) is 44.2 Å². The second kappa shape index (κ2) is 8.30. The van der Waals surface area contributed by atoms with Gasteiger partial charge in [0.05, 0.1) is 12.8 Å². The number of likely N-dealkylation sites (tertiary alicyclic amines) is 1. The summed E-state index contributed by atoms with van der Waals surface area (Å²) in [5.74, 6) is 1.05. The maximum absolute atomic E-state index is 13.2. The molecule has 0 radical (unpaired) electrons. The molecule has 2 aliphatic heterocycles. The van der Waals surface area contributed by atoms with Crippen molar-refractivity contribution in [3.63, 3.8) is 0 Å². The number of ether oxygens (including phenoxy) is 1. The highest BCUT2D eigenvalue weighted by Crippen LogP contribution is 2.30. The molecule has 0 saturated carbocycles. The summed E-state index contributed by atoms with van der Waals surface area (Å²) in [4.78, 5) is 20.2. The molecule has 0 bridgehead atoms. The largest absolute Gasteiger partial charge is 0.495 e. The number of hydrogen-bond donors (Lipinski definition) is 1. The van der Waals surface area contributed by atoms with Gasteiger partial charge in [-0.3, -0.25) is 14.8 Å². The third kappa shape index (κ3) is 3.55. The van der Waals surface area contributed by atoms with E-state index in [1.54, 1.807) is 7.11 Å². The Balaban J connectivity index is 1.21. The Morgan fingerprint density at radius 2 is 1.93 bits per heavy atom. The number of methoxy groups -OCH3 is 1. The minimum atomic E-state index is 0.117. The summed E-state index contributed by atoms with van der Waals surface area (Å²) < 4.78 is 5.54. The van der Waals surface area contributed by atoms with E-state index in [0.29, 0.717) is 11.7 Å². The molecule has 1 amide bonds. The number of hydrogen-bond acceptors (Lipinski definition) is 5. The number of benzene rings is 1. The van der Waals surface area contributed by atoms with Gasteiger partial charge in [0.15, 0.2) is 5.69 Å². The van der Waals surface area contributed by atoms with Crippen LogP contribution in [0.15, 0.2) is 24.3 Å². The van der Waals surface area contributed by atoms with E-state index in [4.69, 9.17) is 4.74 Å². The van der Waals surface area contributed by atoms with E-state index in [1.807, 2.05) is 17.0 Å². The molecule has 2 fully saturated rings. The molecule has 5 rings (SSSR count). The number of rotatable bonds is 4. The highest BCUT2D eigenvalue weighted by molar-refractivity contribution is 5.94. The van der Waals surface area contributed by atoms with Gasteiger partial charge in [0.25, 0.3) is 5.91 Å². The van der Waals surface area contributed by atoms with Crippen molar-refractivity contribution in [2.24, 2.45) is 0 Å². The Hall–Kier alpha value is -2.54. The summed E-state index contributed by atoms with van der Waals surface area (Å²) >= 11 is 0. The maximum Gasteiger partial charge on any atom is 0.274 e. The van der Waals surface area contributed by atoms with Gasteiger partial charge < -0.3 is 14.5 Å². The monoisotopic (exact) mass is 409 g/mol. The average molecular weight is 410 g/mol. The standard InChI is InChI=1S/C23H31N5O2/c1-30-21-10-3-2-9-20(21)27-14-12-26(13-15-27)17-6-5-11-28(16-17)23(29)22-18-7-4-8-19(18)24-25-22/h2-3,9-10,17H,4-8,11-16H2,1H3,(H,24,25)/t17-/m0/s1. The molecular weight excluding hydrogens is 378 g/mol. The Morgan fingerprint density at radius 3 is 2.77 bits per heavy atom. The lowest BCUT2D eigenvalue weighted by atomic mass is 10.0. The van der Waals surface area contributed by atoms with E-state index in [1.165, 1.54) is 11.4 Å². The normalized spacial score (nSPS) is 22.2. The molecule has 1 aromatic carbocycles. The molecular formula is C23H31N5O2. The predicted octanol–water partition coefficient (Wildman–Crippen LogP) is 2.33. The van der Waals surface area contributed by atoms with E-state index < -0.39 is 0 Å². The van der Waals surface area contributed by atoms with Gasteiger partial charge in [-0.2, -0.15) is 5.10 Å². The predicted molar refractivity (Wildman–Crippen MR) is 116 cm³/mol. The van der Waals surface area contributed by atoms with Crippen LogP contribution in [0, 0.1) is 0 Å². The zero-order chi connectivity index (χ0) is 20.5. The number of fused-ring (bicyclic) bond motifs is 1. The van der Waals surface area contributed by atoms with E-state index in [2.05, 4.69) is 32.1 Å². The summed E-state index contributed by atoms with van der Waals surface area (Å²) in [7, 11) is 1.73. The van der Waals surface area contributed by atoms with Crippen LogP contribution in [0.3, 0.4) is 0 Å². The topological polar surface area (TPSA) is 64.7 Å². The number of amides is 1. The number of piperidine rings is 1. The minimum absolute atomic E-state index is 0.117. The second-order valence-electron chi connectivity index (χ2n) is 8.62. The van der Waals surface area contributed by atoms with Crippen molar-refractivity contribution >= 4 is 11.6 Å². The number of para-hydroxylation sites is 2. The second-order valence-corrected chi connectivity index (χ2v) is 8.62. The smallest absolute Gasteiger partial charge is 0.274 e. The molecule has 1 N–H and O–H groups in total. The fraction of sp³-hybridized carbons (Fsp3) is 0.565. The molecule has 0 spiro atoms. The van der Waals surface area contributed by atoms with Crippen LogP contribution in [-0.4, -0.2) is 78.3 Å². The van der Waals surface area contributed by atoms with Crippen LogP contribution in [0.1, 0.15) is 41.0 Å². The van der Waals surface area contributed by atoms with Gasteiger partial charge in [-0.25, -0.2) is 0 Å². The number of carbonyl (C=O) groups excluding carboxylic acids is 1. The number of aryl methyl sites for hydroxylation is 1. The van der Waals surface area contributed by atoms with Gasteiger partial charge in [0.2, 0.25) is 0 Å². The SMILES string of the molecule is COc1ccccc1N1CCN([C@H]2CCCN(C(=O)c3n[nH]c4c3CCC4)C2)CC1. The lowest BCUT2D eigenvalue weighted by molar-refractivity contribution is 0.0557. The van der Waals surface area contributed by atoms with Crippen molar-refractivity contribution in [1.82, 2.24) is 20.0 Å². The molecule has 2 aromatic rings. The third-order valence-corrected chi connectivity index (χ3v) is 6.95. The highest BCUT2D eigenvalue weighted by atomic mass is 16.5. The first kappa shape index (κ1) is 19.4. The van der Waals surface area contributed by atoms with Crippen molar-refractivity contribution in [3.8, 4) is 5.75 Å². The number of piperazine rings is 1. The van der Waals surface area contributed by atoms with Gasteiger partial charge in [0.1, 0.15) is 5.75 Å². The van der Waals surface area contributed by atoms with Crippen molar-refractivity contribution in [2.75, 3.05) is 51.3 Å². The fourth-order valence-electron chi connectivity index (χ4n) is 5.30. The number of aromatic amines is 1. The minimum Gasteiger partial charge on any atom is -0.495 e. The van der Waals surface area contributed by atoms with Crippen LogP contribution in [0.5, 0.6) is 5.75 Å². The number of aromatic nitrogens is 2. The Bertz CT molecular complexity index is 903. The molecule has 3 aliphatic rings. The Kier molecular flexibility index (Phi) is 5.37. The number of H-pyrrole nitrogens is 1. The molecule has 1 atom stereocenters. The first-order valence-electron chi connectivity index (χ1n) is 11.2. The summed E-state index contributed by atoms with van der Waals surface area (Å²) in [6, 6.07) is 8.69. The summed E-state index contributed by atoms with van der Waals surface area (Å²) in [6.45, 7) is 5.66. The van der Waals surface area contributed by atoms with Gasteiger partial charge in [0, 0.05) is 56.6 Å². The molecule has 1 aliphatic carbocycles. The van der Waals surface area contributed by atoms with Crippen LogP contribution in [-0.2, 0) is 12.8 Å². The molecule has 3 heterocycles. The van der Waals surface area contributed by atoms with Crippen molar-refractivity contribution in [2.45, 2.75) is 38.1 Å². The fourth-order valence-corrected chi connectivity index (χ4v) is 5.30. The quantitative estimate of drug-likeness (QED) is 0.840. The first-order valence-corrected chi connectivity index (χ1v) is 11.2. The van der Waals surface area contributed by atoms with Crippen molar-refractivity contribution in [3.05, 3.63) is 41.2 Å². The molecule has 160 valence electrons. The molecule has 2 saturated heterocycles. The number of nitrogens with one attached hydrogen (secondary N) is 1. The molecule has 1 aromatic heterocycles. The maximum atomic E-state index is 13.2. The summed E-state index contributed by atoms with van der Waals surface area (Å²) in [5.41, 5.74) is 4.17. The summed E-state index contributed by atoms with van der Waals surface area (Å²) in [5, 5.41) is 7.45. The molecule has 7 heteroatoms. The molecule has 7 nitrogen and oxygen atoms in total. The van der Waals surface area contributed by atoms with Crippen LogP contribution < -0.4 is 9.64 Å². The average Bonchev–Trinajstić information content (AvgIpc) is 3.43. The first-order chi connectivity index (χ1) is 14.7. The van der Waals surface area contributed by atoms with Crippen molar-refractivity contribution < 1.29 is 9.53 Å².